The molecule has 4 nitrogen and oxygen atoms in total. The number of carbonyl (C=O) groups excluding carboxylic acids is 2. The molecule has 2 aromatic rings. The first-order chi connectivity index (χ1) is 10.3. The average molecular weight is 345 g/mol. The van der Waals surface area contributed by atoms with Crippen LogP contribution in [0.4, 0.5) is 14.5 Å². The van der Waals surface area contributed by atoms with Crippen LogP contribution in [0.5, 0.6) is 0 Å². The van der Waals surface area contributed by atoms with Gasteiger partial charge in [0, 0.05) is 15.7 Å². The van der Waals surface area contributed by atoms with Crippen LogP contribution in [0.2, 0.25) is 10.0 Å². The fraction of sp³-hybridized carbons (Fsp3) is 0. The van der Waals surface area contributed by atoms with Crippen molar-refractivity contribution in [2.75, 3.05) is 5.32 Å². The minimum absolute atomic E-state index is 0.144. The van der Waals surface area contributed by atoms with Gasteiger partial charge in [-0.05, 0) is 30.3 Å². The monoisotopic (exact) mass is 344 g/mol. The molecule has 0 radical (unpaired) electrons. The fourth-order valence-electron chi connectivity index (χ4n) is 1.77. The van der Waals surface area contributed by atoms with Crippen LogP contribution in [0.25, 0.3) is 0 Å². The zero-order valence-corrected chi connectivity index (χ0v) is 12.3. The third-order valence-electron chi connectivity index (χ3n) is 2.70. The van der Waals surface area contributed by atoms with Gasteiger partial charge in [-0.25, -0.2) is 8.78 Å². The topological polar surface area (TPSA) is 72.2 Å². The van der Waals surface area contributed by atoms with Crippen molar-refractivity contribution in [2.45, 2.75) is 0 Å². The lowest BCUT2D eigenvalue weighted by atomic mass is 10.1. The summed E-state index contributed by atoms with van der Waals surface area (Å²) in [6, 6.07) is 5.76. The van der Waals surface area contributed by atoms with Crippen molar-refractivity contribution in [3.8, 4) is 0 Å². The number of carbonyl (C=O) groups is 2. The summed E-state index contributed by atoms with van der Waals surface area (Å²) in [5, 5.41) is 2.71. The molecule has 0 bridgehead atoms. The van der Waals surface area contributed by atoms with Crippen molar-refractivity contribution in [1.29, 1.82) is 0 Å². The van der Waals surface area contributed by atoms with E-state index in [4.69, 9.17) is 28.9 Å². The van der Waals surface area contributed by atoms with Gasteiger partial charge in [-0.2, -0.15) is 0 Å². The molecule has 2 aromatic carbocycles. The maximum atomic E-state index is 14.0. The van der Waals surface area contributed by atoms with Crippen molar-refractivity contribution in [3.63, 3.8) is 0 Å². The molecule has 0 unspecified atom stereocenters. The second kappa shape index (κ2) is 6.29. The minimum Gasteiger partial charge on any atom is -0.366 e. The Morgan fingerprint density at radius 2 is 1.64 bits per heavy atom. The molecular weight excluding hydrogens is 337 g/mol. The zero-order valence-electron chi connectivity index (χ0n) is 10.8. The van der Waals surface area contributed by atoms with Crippen molar-refractivity contribution in [1.82, 2.24) is 0 Å². The third kappa shape index (κ3) is 3.35. The van der Waals surface area contributed by atoms with Gasteiger partial charge >= 0.3 is 0 Å². The van der Waals surface area contributed by atoms with Crippen molar-refractivity contribution >= 4 is 40.7 Å². The van der Waals surface area contributed by atoms with E-state index in [1.807, 2.05) is 0 Å². The molecule has 0 spiro atoms. The molecule has 0 aliphatic rings. The van der Waals surface area contributed by atoms with E-state index in [1.165, 1.54) is 18.2 Å². The molecule has 2 amide bonds. The highest BCUT2D eigenvalue weighted by molar-refractivity contribution is 6.35. The summed E-state index contributed by atoms with van der Waals surface area (Å²) < 4.78 is 27.7. The van der Waals surface area contributed by atoms with Crippen LogP contribution in [0, 0.1) is 11.6 Å². The highest BCUT2D eigenvalue weighted by Crippen LogP contribution is 2.24. The van der Waals surface area contributed by atoms with Gasteiger partial charge < -0.3 is 11.1 Å². The molecule has 3 N–H and O–H groups in total. The van der Waals surface area contributed by atoms with Gasteiger partial charge in [0.2, 0.25) is 0 Å². The van der Waals surface area contributed by atoms with Gasteiger partial charge in [-0.15, -0.1) is 0 Å². The molecule has 0 saturated heterocycles. The number of nitrogens with two attached hydrogens (primary N) is 1. The summed E-state index contributed by atoms with van der Waals surface area (Å²) in [7, 11) is 0. The Bertz CT molecular complexity index is 761. The van der Waals surface area contributed by atoms with E-state index >= 15 is 0 Å². The van der Waals surface area contributed by atoms with Gasteiger partial charge in [0.25, 0.3) is 11.8 Å². The van der Waals surface area contributed by atoms with E-state index in [0.29, 0.717) is 0 Å². The number of hydrogen-bond acceptors (Lipinski definition) is 2. The summed E-state index contributed by atoms with van der Waals surface area (Å²) in [6.07, 6.45) is 0. The summed E-state index contributed by atoms with van der Waals surface area (Å²) >= 11 is 11.5. The highest BCUT2D eigenvalue weighted by Gasteiger charge is 2.22. The number of halogens is 4. The lowest BCUT2D eigenvalue weighted by Crippen LogP contribution is -2.20. The van der Waals surface area contributed by atoms with Crippen molar-refractivity contribution in [2.24, 2.45) is 5.73 Å². The van der Waals surface area contributed by atoms with Crippen molar-refractivity contribution in [3.05, 3.63) is 63.1 Å². The molecule has 114 valence electrons. The molecule has 0 aromatic heterocycles. The van der Waals surface area contributed by atoms with E-state index < -0.39 is 34.6 Å². The Morgan fingerprint density at radius 1 is 1.05 bits per heavy atom. The third-order valence-corrected chi connectivity index (χ3v) is 3.14. The van der Waals surface area contributed by atoms with E-state index in [-0.39, 0.29) is 15.7 Å². The summed E-state index contributed by atoms with van der Waals surface area (Å²) in [4.78, 5) is 23.1. The Kier molecular flexibility index (Phi) is 4.63. The maximum Gasteiger partial charge on any atom is 0.261 e. The SMILES string of the molecule is NC(=O)c1ccc(F)c(C(=O)Nc2cc(Cl)cc(Cl)c2)c1F. The summed E-state index contributed by atoms with van der Waals surface area (Å²) in [5.74, 6) is -4.68. The van der Waals surface area contributed by atoms with Gasteiger partial charge in [-0.3, -0.25) is 9.59 Å². The van der Waals surface area contributed by atoms with Gasteiger partial charge in [0.1, 0.15) is 11.4 Å². The molecular formula is C14H8Cl2F2N2O2. The predicted molar refractivity (Wildman–Crippen MR) is 79.3 cm³/mol. The second-order valence-electron chi connectivity index (χ2n) is 4.26. The standard InChI is InChI=1S/C14H8Cl2F2N2O2/c15-6-3-7(16)5-8(4-6)20-14(22)11-10(17)2-1-9(12(11)18)13(19)21/h1-5H,(H2,19,21)(H,20,22). The van der Waals surface area contributed by atoms with Crippen LogP contribution >= 0.6 is 23.2 Å². The van der Waals surface area contributed by atoms with E-state index in [0.717, 1.165) is 12.1 Å². The molecule has 2 rings (SSSR count). The lowest BCUT2D eigenvalue weighted by molar-refractivity contribution is 0.0996. The van der Waals surface area contributed by atoms with Crippen LogP contribution in [0.1, 0.15) is 20.7 Å². The predicted octanol–water partition coefficient (Wildman–Crippen LogP) is 3.62. The average Bonchev–Trinajstić information content (AvgIpc) is 2.36. The first-order valence-electron chi connectivity index (χ1n) is 5.85. The molecule has 0 aliphatic heterocycles. The molecule has 8 heteroatoms. The molecule has 22 heavy (non-hydrogen) atoms. The molecule has 0 aliphatic carbocycles. The number of hydrogen-bond donors (Lipinski definition) is 2. The molecule has 0 saturated carbocycles. The Morgan fingerprint density at radius 3 is 2.18 bits per heavy atom. The lowest BCUT2D eigenvalue weighted by Gasteiger charge is -2.09. The number of rotatable bonds is 3. The quantitative estimate of drug-likeness (QED) is 0.892. The number of amides is 2. The largest absolute Gasteiger partial charge is 0.366 e. The normalized spacial score (nSPS) is 10.4. The summed E-state index contributed by atoms with van der Waals surface area (Å²) in [6.45, 7) is 0. The van der Waals surface area contributed by atoms with Crippen LogP contribution in [-0.2, 0) is 0 Å². The van der Waals surface area contributed by atoms with Gasteiger partial charge in [0.05, 0.1) is 5.56 Å². The van der Waals surface area contributed by atoms with Gasteiger partial charge in [-0.1, -0.05) is 23.2 Å². The van der Waals surface area contributed by atoms with Crippen molar-refractivity contribution < 1.29 is 18.4 Å². The van der Waals surface area contributed by atoms with E-state index in [1.54, 1.807) is 0 Å². The molecule has 0 fully saturated rings. The van der Waals surface area contributed by atoms with Crippen LogP contribution in [-0.4, -0.2) is 11.8 Å². The first-order valence-corrected chi connectivity index (χ1v) is 6.60. The Labute approximate surface area is 133 Å². The Hall–Kier alpha value is -2.18. The fourth-order valence-corrected chi connectivity index (χ4v) is 2.30. The smallest absolute Gasteiger partial charge is 0.261 e. The maximum absolute atomic E-state index is 14.0. The van der Waals surface area contributed by atoms with E-state index in [9.17, 15) is 18.4 Å². The van der Waals surface area contributed by atoms with Gasteiger partial charge in [0.15, 0.2) is 5.82 Å². The first kappa shape index (κ1) is 16.2. The van der Waals surface area contributed by atoms with Crippen LogP contribution in [0.15, 0.2) is 30.3 Å². The Balaban J connectivity index is 2.41. The number of benzene rings is 2. The van der Waals surface area contributed by atoms with E-state index in [2.05, 4.69) is 5.32 Å². The minimum atomic E-state index is -1.34. The number of anilines is 1. The van der Waals surface area contributed by atoms with Crippen LogP contribution in [0.3, 0.4) is 0 Å². The highest BCUT2D eigenvalue weighted by atomic mass is 35.5. The zero-order chi connectivity index (χ0) is 16.4. The molecule has 0 atom stereocenters. The number of nitrogens with one attached hydrogen (secondary N) is 1. The van der Waals surface area contributed by atoms with Crippen LogP contribution < -0.4 is 11.1 Å². The second-order valence-corrected chi connectivity index (χ2v) is 5.13. The molecule has 0 heterocycles. The summed E-state index contributed by atoms with van der Waals surface area (Å²) in [5.41, 5.74) is 3.59. The number of primary amides is 1.